The van der Waals surface area contributed by atoms with E-state index in [1.807, 2.05) is 20.8 Å². The lowest BCUT2D eigenvalue weighted by atomic mass is 9.97. The summed E-state index contributed by atoms with van der Waals surface area (Å²) in [5, 5.41) is 0. The third kappa shape index (κ3) is 3.67. The van der Waals surface area contributed by atoms with Crippen molar-refractivity contribution in [2.24, 2.45) is 0 Å². The van der Waals surface area contributed by atoms with Gasteiger partial charge in [-0.2, -0.15) is 0 Å². The van der Waals surface area contributed by atoms with Gasteiger partial charge >= 0.3 is 5.97 Å². The van der Waals surface area contributed by atoms with Crippen molar-refractivity contribution in [2.75, 3.05) is 0 Å². The van der Waals surface area contributed by atoms with Gasteiger partial charge in [0.1, 0.15) is 24.4 Å². The van der Waals surface area contributed by atoms with Crippen LogP contribution in [0.4, 0.5) is 0 Å². The molecule has 0 saturated heterocycles. The SMILES string of the molecule is CC(C)(C)c1nc(COC(=O)c2cc(=O)[nH]c(C3CC3)n2)co1. The van der Waals surface area contributed by atoms with Crippen molar-refractivity contribution in [1.29, 1.82) is 0 Å². The van der Waals surface area contributed by atoms with Gasteiger partial charge in [0.25, 0.3) is 5.56 Å². The molecule has 0 amide bonds. The molecule has 1 saturated carbocycles. The molecule has 0 spiro atoms. The van der Waals surface area contributed by atoms with Crippen LogP contribution in [0.3, 0.4) is 0 Å². The van der Waals surface area contributed by atoms with E-state index >= 15 is 0 Å². The van der Waals surface area contributed by atoms with Crippen LogP contribution in [0.5, 0.6) is 0 Å². The van der Waals surface area contributed by atoms with Crippen LogP contribution in [0.2, 0.25) is 0 Å². The van der Waals surface area contributed by atoms with Crippen LogP contribution < -0.4 is 5.56 Å². The largest absolute Gasteiger partial charge is 0.454 e. The molecule has 122 valence electrons. The summed E-state index contributed by atoms with van der Waals surface area (Å²) in [6.45, 7) is 5.92. The Bertz CT molecular complexity index is 781. The first-order chi connectivity index (χ1) is 10.8. The molecule has 2 aromatic heterocycles. The first kappa shape index (κ1) is 15.5. The highest BCUT2D eigenvalue weighted by Crippen LogP contribution is 2.37. The van der Waals surface area contributed by atoms with Gasteiger partial charge in [-0.3, -0.25) is 4.79 Å². The number of carbonyl (C=O) groups excluding carboxylic acids is 1. The fourth-order valence-electron chi connectivity index (χ4n) is 2.06. The molecule has 0 unspecified atom stereocenters. The van der Waals surface area contributed by atoms with E-state index < -0.39 is 5.97 Å². The van der Waals surface area contributed by atoms with E-state index in [4.69, 9.17) is 9.15 Å². The Balaban J connectivity index is 1.68. The third-order valence-corrected chi connectivity index (χ3v) is 3.48. The van der Waals surface area contributed by atoms with E-state index in [0.29, 0.717) is 17.4 Å². The lowest BCUT2D eigenvalue weighted by molar-refractivity contribution is 0.0460. The van der Waals surface area contributed by atoms with Gasteiger partial charge in [-0.25, -0.2) is 14.8 Å². The second-order valence-electron chi connectivity index (χ2n) is 6.76. The van der Waals surface area contributed by atoms with Gasteiger partial charge in [-0.15, -0.1) is 0 Å². The first-order valence-electron chi connectivity index (χ1n) is 7.56. The summed E-state index contributed by atoms with van der Waals surface area (Å²) in [5.74, 6) is 0.744. The molecular formula is C16H19N3O4. The lowest BCUT2D eigenvalue weighted by Crippen LogP contribution is -2.17. The van der Waals surface area contributed by atoms with E-state index in [1.54, 1.807) is 0 Å². The molecule has 1 aliphatic rings. The Hall–Kier alpha value is -2.44. The maximum Gasteiger partial charge on any atom is 0.357 e. The average molecular weight is 317 g/mol. The Morgan fingerprint density at radius 2 is 2.13 bits per heavy atom. The van der Waals surface area contributed by atoms with Crippen LogP contribution in [0.15, 0.2) is 21.5 Å². The molecule has 2 heterocycles. The van der Waals surface area contributed by atoms with Crippen molar-refractivity contribution in [3.63, 3.8) is 0 Å². The summed E-state index contributed by atoms with van der Waals surface area (Å²) >= 11 is 0. The standard InChI is InChI=1S/C16H19N3O4/c1-16(2,3)15-17-10(8-23-15)7-22-14(21)11-6-12(20)19-13(18-11)9-4-5-9/h6,8-9H,4-5,7H2,1-3H3,(H,18,19,20). The number of nitrogens with zero attached hydrogens (tertiary/aromatic N) is 2. The molecule has 23 heavy (non-hydrogen) atoms. The predicted octanol–water partition coefficient (Wildman–Crippen LogP) is 2.29. The molecule has 7 nitrogen and oxygen atoms in total. The van der Waals surface area contributed by atoms with Crippen LogP contribution in [0.25, 0.3) is 0 Å². The zero-order valence-electron chi connectivity index (χ0n) is 13.4. The zero-order chi connectivity index (χ0) is 16.6. The van der Waals surface area contributed by atoms with Gasteiger partial charge < -0.3 is 14.1 Å². The Morgan fingerprint density at radius 1 is 1.39 bits per heavy atom. The number of rotatable bonds is 4. The average Bonchev–Trinajstić information content (AvgIpc) is 3.21. The van der Waals surface area contributed by atoms with Gasteiger partial charge in [0.2, 0.25) is 0 Å². The zero-order valence-corrected chi connectivity index (χ0v) is 13.4. The topological polar surface area (TPSA) is 98.1 Å². The quantitative estimate of drug-likeness (QED) is 0.869. The van der Waals surface area contributed by atoms with Crippen LogP contribution >= 0.6 is 0 Å². The lowest BCUT2D eigenvalue weighted by Gasteiger charge is -2.11. The minimum atomic E-state index is -0.640. The van der Waals surface area contributed by atoms with Crippen molar-refractivity contribution >= 4 is 5.97 Å². The fraction of sp³-hybridized carbons (Fsp3) is 0.500. The molecule has 2 aromatic rings. The molecule has 0 bridgehead atoms. The maximum atomic E-state index is 12.1. The first-order valence-corrected chi connectivity index (χ1v) is 7.56. The summed E-state index contributed by atoms with van der Waals surface area (Å²) in [6.07, 6.45) is 3.43. The number of hydrogen-bond acceptors (Lipinski definition) is 6. The molecular weight excluding hydrogens is 298 g/mol. The van der Waals surface area contributed by atoms with Gasteiger partial charge in [-0.1, -0.05) is 20.8 Å². The highest BCUT2D eigenvalue weighted by molar-refractivity contribution is 5.87. The smallest absolute Gasteiger partial charge is 0.357 e. The second-order valence-corrected chi connectivity index (χ2v) is 6.76. The van der Waals surface area contributed by atoms with Crippen molar-refractivity contribution < 1.29 is 13.9 Å². The number of esters is 1. The van der Waals surface area contributed by atoms with E-state index in [1.165, 1.54) is 6.26 Å². The Morgan fingerprint density at radius 3 is 2.74 bits per heavy atom. The van der Waals surface area contributed by atoms with E-state index in [2.05, 4.69) is 15.0 Å². The normalized spacial score (nSPS) is 14.7. The van der Waals surface area contributed by atoms with Crippen molar-refractivity contribution in [3.05, 3.63) is 45.8 Å². The van der Waals surface area contributed by atoms with Gasteiger partial charge in [0.05, 0.1) is 0 Å². The molecule has 0 radical (unpaired) electrons. The minimum Gasteiger partial charge on any atom is -0.454 e. The summed E-state index contributed by atoms with van der Waals surface area (Å²) in [7, 11) is 0. The van der Waals surface area contributed by atoms with Crippen molar-refractivity contribution in [3.8, 4) is 0 Å². The Kier molecular flexibility index (Phi) is 3.79. The van der Waals surface area contributed by atoms with Gasteiger partial charge in [0.15, 0.2) is 11.6 Å². The molecule has 0 aliphatic heterocycles. The van der Waals surface area contributed by atoms with Crippen LogP contribution in [0, 0.1) is 0 Å². The van der Waals surface area contributed by atoms with Gasteiger partial charge in [-0.05, 0) is 12.8 Å². The molecule has 1 aliphatic carbocycles. The summed E-state index contributed by atoms with van der Waals surface area (Å²) in [5.41, 5.74) is -0.00794. The highest BCUT2D eigenvalue weighted by atomic mass is 16.5. The summed E-state index contributed by atoms with van der Waals surface area (Å²) in [6, 6.07) is 1.15. The molecule has 3 rings (SSSR count). The maximum absolute atomic E-state index is 12.1. The number of ether oxygens (including phenoxy) is 1. The molecule has 0 aromatic carbocycles. The van der Waals surface area contributed by atoms with Crippen LogP contribution in [0.1, 0.15) is 67.4 Å². The van der Waals surface area contributed by atoms with Crippen molar-refractivity contribution in [1.82, 2.24) is 15.0 Å². The molecule has 0 atom stereocenters. The number of carbonyl (C=O) groups is 1. The van der Waals surface area contributed by atoms with E-state index in [-0.39, 0.29) is 29.2 Å². The monoisotopic (exact) mass is 317 g/mol. The number of aromatic nitrogens is 3. The van der Waals surface area contributed by atoms with E-state index in [9.17, 15) is 9.59 Å². The molecule has 7 heteroatoms. The number of H-pyrrole nitrogens is 1. The van der Waals surface area contributed by atoms with Gasteiger partial charge in [0, 0.05) is 17.4 Å². The van der Waals surface area contributed by atoms with Crippen LogP contribution in [-0.2, 0) is 16.8 Å². The third-order valence-electron chi connectivity index (χ3n) is 3.48. The van der Waals surface area contributed by atoms with Crippen molar-refractivity contribution in [2.45, 2.75) is 51.6 Å². The highest BCUT2D eigenvalue weighted by Gasteiger charge is 2.27. The molecule has 1 N–H and O–H groups in total. The van der Waals surface area contributed by atoms with E-state index in [0.717, 1.165) is 18.9 Å². The second kappa shape index (κ2) is 5.64. The number of nitrogens with one attached hydrogen (secondary N) is 1. The number of aromatic amines is 1. The predicted molar refractivity (Wildman–Crippen MR) is 81.2 cm³/mol. The summed E-state index contributed by atoms with van der Waals surface area (Å²) in [4.78, 5) is 34.8. The number of oxazole rings is 1. The minimum absolute atomic E-state index is 0.0222. The van der Waals surface area contributed by atoms with Crippen LogP contribution in [-0.4, -0.2) is 20.9 Å². The fourth-order valence-corrected chi connectivity index (χ4v) is 2.06. The Labute approximate surface area is 133 Å². The summed E-state index contributed by atoms with van der Waals surface area (Å²) < 4.78 is 10.5. The molecule has 1 fully saturated rings. The number of hydrogen-bond donors (Lipinski definition) is 1.